The van der Waals surface area contributed by atoms with Gasteiger partial charge in [-0.1, -0.05) is 6.58 Å². The van der Waals surface area contributed by atoms with Crippen LogP contribution >= 0.6 is 0 Å². The Morgan fingerprint density at radius 1 is 1.47 bits per heavy atom. The molecule has 0 aliphatic rings. The molecule has 0 amide bonds. The monoisotopic (exact) mass is 238 g/mol. The van der Waals surface area contributed by atoms with Crippen molar-refractivity contribution in [1.82, 2.24) is 5.32 Å². The minimum atomic E-state index is -0.253. The van der Waals surface area contributed by atoms with E-state index in [9.17, 15) is 4.39 Å². The van der Waals surface area contributed by atoms with Gasteiger partial charge in [0.1, 0.15) is 5.82 Å². The molecule has 4 heteroatoms. The second-order valence-corrected chi connectivity index (χ2v) is 3.86. The number of benzene rings is 1. The normalized spacial score (nSPS) is 10.1. The van der Waals surface area contributed by atoms with Gasteiger partial charge in [0.2, 0.25) is 0 Å². The molecule has 0 unspecified atom stereocenters. The molecule has 0 bridgehead atoms. The summed E-state index contributed by atoms with van der Waals surface area (Å²) in [5.74, 6) is -0.253. The van der Waals surface area contributed by atoms with Crippen LogP contribution in [0.15, 0.2) is 18.7 Å². The van der Waals surface area contributed by atoms with Crippen LogP contribution in [0.4, 0.5) is 10.1 Å². The number of hydrogen-bond donors (Lipinski definition) is 3. The van der Waals surface area contributed by atoms with Crippen LogP contribution in [0.5, 0.6) is 0 Å². The van der Waals surface area contributed by atoms with Crippen LogP contribution < -0.4 is 10.6 Å². The molecule has 1 aromatic carbocycles. The zero-order valence-electron chi connectivity index (χ0n) is 10.3. The van der Waals surface area contributed by atoms with E-state index < -0.39 is 0 Å². The van der Waals surface area contributed by atoms with E-state index in [1.54, 1.807) is 14.0 Å². The summed E-state index contributed by atoms with van der Waals surface area (Å²) in [5, 5.41) is 14.7. The maximum Gasteiger partial charge on any atom is 0.128 e. The fourth-order valence-corrected chi connectivity index (χ4v) is 1.55. The van der Waals surface area contributed by atoms with Gasteiger partial charge in [-0.25, -0.2) is 4.39 Å². The van der Waals surface area contributed by atoms with Crippen molar-refractivity contribution in [3.8, 4) is 0 Å². The van der Waals surface area contributed by atoms with Crippen LogP contribution in [0.25, 0.3) is 5.70 Å². The smallest absolute Gasteiger partial charge is 0.128 e. The summed E-state index contributed by atoms with van der Waals surface area (Å²) in [5.41, 5.74) is 2.72. The van der Waals surface area contributed by atoms with Gasteiger partial charge >= 0.3 is 0 Å². The van der Waals surface area contributed by atoms with E-state index in [1.165, 1.54) is 6.07 Å². The van der Waals surface area contributed by atoms with Crippen molar-refractivity contribution in [2.45, 2.75) is 13.3 Å². The predicted molar refractivity (Wildman–Crippen MR) is 69.4 cm³/mol. The van der Waals surface area contributed by atoms with Gasteiger partial charge < -0.3 is 15.7 Å². The van der Waals surface area contributed by atoms with Crippen LogP contribution in [0.2, 0.25) is 0 Å². The van der Waals surface area contributed by atoms with Crippen molar-refractivity contribution in [3.63, 3.8) is 0 Å². The van der Waals surface area contributed by atoms with Crippen LogP contribution in [-0.2, 0) is 0 Å². The molecular formula is C13H19FN2O. The SMILES string of the molecule is C=C(NCCCO)c1cc(NC)cc(F)c1C. The quantitative estimate of drug-likeness (QED) is 0.665. The van der Waals surface area contributed by atoms with Gasteiger partial charge in [-0.3, -0.25) is 0 Å². The lowest BCUT2D eigenvalue weighted by Gasteiger charge is -2.14. The first-order valence-electron chi connectivity index (χ1n) is 5.62. The summed E-state index contributed by atoms with van der Waals surface area (Å²) in [4.78, 5) is 0. The molecule has 1 rings (SSSR count). The molecule has 0 atom stereocenters. The van der Waals surface area contributed by atoms with Crippen LogP contribution in [0.3, 0.4) is 0 Å². The fraction of sp³-hybridized carbons (Fsp3) is 0.385. The van der Waals surface area contributed by atoms with Crippen molar-refractivity contribution < 1.29 is 9.50 Å². The lowest BCUT2D eigenvalue weighted by Crippen LogP contribution is -2.15. The molecule has 0 heterocycles. The fourth-order valence-electron chi connectivity index (χ4n) is 1.55. The number of halogens is 1. The molecular weight excluding hydrogens is 219 g/mol. The Morgan fingerprint density at radius 3 is 2.76 bits per heavy atom. The average Bonchev–Trinajstić information content (AvgIpc) is 2.32. The molecule has 1 aromatic rings. The van der Waals surface area contributed by atoms with Crippen LogP contribution in [0, 0.1) is 12.7 Å². The Hall–Kier alpha value is -1.55. The lowest BCUT2D eigenvalue weighted by atomic mass is 10.0. The molecule has 0 saturated heterocycles. The number of hydrogen-bond acceptors (Lipinski definition) is 3. The van der Waals surface area contributed by atoms with Crippen molar-refractivity contribution in [2.75, 3.05) is 25.5 Å². The molecule has 0 fully saturated rings. The van der Waals surface area contributed by atoms with Crippen LogP contribution in [-0.4, -0.2) is 25.3 Å². The largest absolute Gasteiger partial charge is 0.396 e. The minimum absolute atomic E-state index is 0.129. The zero-order valence-corrected chi connectivity index (χ0v) is 10.3. The predicted octanol–water partition coefficient (Wildman–Crippen LogP) is 2.12. The molecule has 94 valence electrons. The Morgan fingerprint density at radius 2 is 2.18 bits per heavy atom. The first kappa shape index (κ1) is 13.5. The first-order chi connectivity index (χ1) is 8.10. The van der Waals surface area contributed by atoms with Gasteiger partial charge in [0, 0.05) is 37.1 Å². The number of rotatable bonds is 6. The second-order valence-electron chi connectivity index (χ2n) is 3.86. The highest BCUT2D eigenvalue weighted by molar-refractivity contribution is 5.68. The van der Waals surface area contributed by atoms with E-state index in [2.05, 4.69) is 17.2 Å². The number of aliphatic hydroxyl groups excluding tert-OH is 1. The summed E-state index contributed by atoms with van der Waals surface area (Å²) in [6.45, 7) is 6.37. The van der Waals surface area contributed by atoms with Crippen molar-refractivity contribution in [2.24, 2.45) is 0 Å². The molecule has 0 spiro atoms. The van der Waals surface area contributed by atoms with Crippen LogP contribution in [0.1, 0.15) is 17.5 Å². The highest BCUT2D eigenvalue weighted by Gasteiger charge is 2.09. The summed E-state index contributed by atoms with van der Waals surface area (Å²) in [6, 6.07) is 3.31. The highest BCUT2D eigenvalue weighted by atomic mass is 19.1. The van der Waals surface area contributed by atoms with Gasteiger partial charge in [-0.15, -0.1) is 0 Å². The standard InChI is InChI=1S/C13H19FN2O/c1-9-12(10(2)16-5-4-6-17)7-11(15-3)8-13(9)14/h7-8,15-17H,2,4-6H2,1,3H3. The third-order valence-electron chi connectivity index (χ3n) is 2.63. The molecule has 0 aromatic heterocycles. The summed E-state index contributed by atoms with van der Waals surface area (Å²) in [6.07, 6.45) is 0.645. The van der Waals surface area contributed by atoms with E-state index in [0.29, 0.717) is 29.9 Å². The van der Waals surface area contributed by atoms with Gasteiger partial charge in [0.15, 0.2) is 0 Å². The first-order valence-corrected chi connectivity index (χ1v) is 5.62. The van der Waals surface area contributed by atoms with E-state index >= 15 is 0 Å². The van der Waals surface area contributed by atoms with Crippen molar-refractivity contribution in [1.29, 1.82) is 0 Å². The summed E-state index contributed by atoms with van der Waals surface area (Å²) >= 11 is 0. The topological polar surface area (TPSA) is 44.3 Å². The van der Waals surface area contributed by atoms with Crippen molar-refractivity contribution in [3.05, 3.63) is 35.7 Å². The van der Waals surface area contributed by atoms with E-state index in [1.807, 2.05) is 6.07 Å². The molecule has 0 aliphatic carbocycles. The average molecular weight is 238 g/mol. The van der Waals surface area contributed by atoms with Gasteiger partial charge in [0.25, 0.3) is 0 Å². The van der Waals surface area contributed by atoms with Crippen molar-refractivity contribution >= 4 is 11.4 Å². The van der Waals surface area contributed by atoms with E-state index in [0.717, 1.165) is 5.56 Å². The molecule has 3 N–H and O–H groups in total. The Labute approximate surface area is 101 Å². The molecule has 0 radical (unpaired) electrons. The highest BCUT2D eigenvalue weighted by Crippen LogP contribution is 2.23. The number of nitrogens with one attached hydrogen (secondary N) is 2. The minimum Gasteiger partial charge on any atom is -0.396 e. The Kier molecular flexibility index (Phi) is 4.97. The molecule has 0 saturated carbocycles. The van der Waals surface area contributed by atoms with Gasteiger partial charge in [-0.2, -0.15) is 0 Å². The molecule has 0 aliphatic heterocycles. The summed E-state index contributed by atoms with van der Waals surface area (Å²) < 4.78 is 13.6. The third-order valence-corrected chi connectivity index (χ3v) is 2.63. The van der Waals surface area contributed by atoms with Gasteiger partial charge in [-0.05, 0) is 31.0 Å². The lowest BCUT2D eigenvalue weighted by molar-refractivity contribution is 0.289. The second kappa shape index (κ2) is 6.25. The molecule has 3 nitrogen and oxygen atoms in total. The zero-order chi connectivity index (χ0) is 12.8. The Bertz CT molecular complexity index is 405. The summed E-state index contributed by atoms with van der Waals surface area (Å²) in [7, 11) is 1.75. The third kappa shape index (κ3) is 3.46. The number of aliphatic hydroxyl groups is 1. The number of anilines is 1. The van der Waals surface area contributed by atoms with E-state index in [4.69, 9.17) is 5.11 Å². The maximum absolute atomic E-state index is 13.6. The Balaban J connectivity index is 2.88. The van der Waals surface area contributed by atoms with E-state index in [-0.39, 0.29) is 12.4 Å². The van der Waals surface area contributed by atoms with Gasteiger partial charge in [0.05, 0.1) is 0 Å². The maximum atomic E-state index is 13.6. The molecule has 17 heavy (non-hydrogen) atoms.